The second-order valence-electron chi connectivity index (χ2n) is 5.74. The molecule has 4 heterocycles. The molecule has 0 saturated heterocycles. The maximum Gasteiger partial charge on any atom is 0.201 e. The largest absolute Gasteiger partial charge is 0.369 e. The van der Waals surface area contributed by atoms with Crippen LogP contribution in [0.2, 0.25) is 0 Å². The zero-order chi connectivity index (χ0) is 15.5. The van der Waals surface area contributed by atoms with E-state index in [4.69, 9.17) is 21.9 Å². The number of thiophene rings is 1. The minimum absolute atomic E-state index is 0.108. The third-order valence-corrected chi connectivity index (χ3v) is 6.40. The lowest BCUT2D eigenvalue weighted by Gasteiger charge is -2.32. The molecule has 4 rings (SSSR count). The first kappa shape index (κ1) is 14.6. The van der Waals surface area contributed by atoms with Crippen molar-refractivity contribution in [2.45, 2.75) is 44.1 Å². The smallest absolute Gasteiger partial charge is 0.201 e. The Bertz CT molecular complexity index is 941. The highest BCUT2D eigenvalue weighted by molar-refractivity contribution is 7.98. The number of aromatic amines is 1. The molecule has 3 aromatic heterocycles. The van der Waals surface area contributed by atoms with Crippen LogP contribution < -0.4 is 0 Å². The first-order chi connectivity index (χ1) is 10.6. The van der Waals surface area contributed by atoms with E-state index in [2.05, 4.69) is 24.0 Å². The summed E-state index contributed by atoms with van der Waals surface area (Å²) in [6.07, 6.45) is 3.89. The van der Waals surface area contributed by atoms with Crippen LogP contribution in [0.25, 0.3) is 15.9 Å². The monoisotopic (exact) mass is 352 g/mol. The maximum atomic E-state index is 6.07. The summed E-state index contributed by atoms with van der Waals surface area (Å²) in [5.41, 5.74) is 2.11. The molecular weight excluding hydrogens is 336 g/mol. The summed E-state index contributed by atoms with van der Waals surface area (Å²) in [6, 6.07) is 0. The van der Waals surface area contributed by atoms with E-state index in [-0.39, 0.29) is 5.60 Å². The molecule has 0 bridgehead atoms. The average Bonchev–Trinajstić information content (AvgIpc) is 3.07. The Balaban J connectivity index is 2.09. The molecule has 0 spiro atoms. The molecule has 0 saturated carbocycles. The number of rotatable bonds is 2. The average molecular weight is 353 g/mol. The van der Waals surface area contributed by atoms with Crippen molar-refractivity contribution < 1.29 is 4.74 Å². The van der Waals surface area contributed by atoms with Crippen LogP contribution in [0.3, 0.4) is 0 Å². The highest BCUT2D eigenvalue weighted by atomic mass is 32.2. The molecule has 1 aliphatic heterocycles. The molecule has 1 N–H and O–H groups in total. The quantitative estimate of drug-likeness (QED) is 0.430. The van der Waals surface area contributed by atoms with Gasteiger partial charge in [-0.1, -0.05) is 18.7 Å². The molecule has 116 valence electrons. The number of ether oxygens (including phenoxy) is 1. The number of nitrogens with zero attached hydrogens (tertiary/aromatic N) is 3. The van der Waals surface area contributed by atoms with E-state index in [1.54, 1.807) is 23.1 Å². The van der Waals surface area contributed by atoms with Gasteiger partial charge in [-0.05, 0) is 37.4 Å². The summed E-state index contributed by atoms with van der Waals surface area (Å²) in [4.78, 5) is 7.09. The van der Waals surface area contributed by atoms with Crippen molar-refractivity contribution in [3.63, 3.8) is 0 Å². The number of hydrogen-bond donors (Lipinski definition) is 1. The Morgan fingerprint density at radius 3 is 3.09 bits per heavy atom. The predicted octanol–water partition coefficient (Wildman–Crippen LogP) is 3.96. The molecule has 0 radical (unpaired) electrons. The minimum atomic E-state index is -0.108. The van der Waals surface area contributed by atoms with Gasteiger partial charge in [0, 0.05) is 11.3 Å². The van der Waals surface area contributed by atoms with Crippen LogP contribution in [0, 0.1) is 4.77 Å². The van der Waals surface area contributed by atoms with Gasteiger partial charge in [0.1, 0.15) is 4.83 Å². The van der Waals surface area contributed by atoms with Crippen LogP contribution in [0.5, 0.6) is 0 Å². The van der Waals surface area contributed by atoms with Crippen LogP contribution >= 0.6 is 35.3 Å². The summed E-state index contributed by atoms with van der Waals surface area (Å²) in [6.45, 7) is 5.01. The summed E-state index contributed by atoms with van der Waals surface area (Å²) in [5, 5.41) is 9.38. The molecule has 3 aromatic rings. The molecule has 8 heteroatoms. The fourth-order valence-corrected chi connectivity index (χ4v) is 4.89. The molecule has 22 heavy (non-hydrogen) atoms. The highest BCUT2D eigenvalue weighted by Gasteiger charge is 2.33. The SMILES string of the molecule is CC[C@]1(C)Cc2c(sc3nc(SC)n4c(=S)[nH]nc4c23)CO1. The summed E-state index contributed by atoms with van der Waals surface area (Å²) >= 11 is 8.67. The van der Waals surface area contributed by atoms with Crippen LogP contribution in [0.4, 0.5) is 0 Å². The lowest BCUT2D eigenvalue weighted by molar-refractivity contribution is -0.0542. The fraction of sp³-hybridized carbons (Fsp3) is 0.500. The van der Waals surface area contributed by atoms with Crippen molar-refractivity contribution in [2.75, 3.05) is 6.26 Å². The van der Waals surface area contributed by atoms with E-state index >= 15 is 0 Å². The Hall–Kier alpha value is -0.960. The van der Waals surface area contributed by atoms with Crippen molar-refractivity contribution in [1.29, 1.82) is 0 Å². The van der Waals surface area contributed by atoms with Crippen molar-refractivity contribution in [2.24, 2.45) is 0 Å². The molecule has 1 aliphatic rings. The van der Waals surface area contributed by atoms with Crippen LogP contribution in [-0.2, 0) is 17.8 Å². The second-order valence-corrected chi connectivity index (χ2v) is 7.98. The standard InChI is InChI=1S/C14H16N4OS3/c1-4-14(2)5-7-8(6-19-14)22-11-9(7)10-16-17-12(20)18(10)13(15-11)21-3/h4-6H2,1-3H3,(H,17,20)/t14-/m1/s1. The topological polar surface area (TPSA) is 55.2 Å². The van der Waals surface area contributed by atoms with Gasteiger partial charge in [0.2, 0.25) is 4.77 Å². The van der Waals surface area contributed by atoms with Crippen molar-refractivity contribution in [3.05, 3.63) is 15.2 Å². The molecule has 1 atom stereocenters. The van der Waals surface area contributed by atoms with E-state index in [1.807, 2.05) is 10.7 Å². The van der Waals surface area contributed by atoms with Crippen molar-refractivity contribution in [3.8, 4) is 0 Å². The lowest BCUT2D eigenvalue weighted by Crippen LogP contribution is -2.33. The number of nitrogens with one attached hydrogen (secondary N) is 1. The number of hydrogen-bond acceptors (Lipinski definition) is 6. The van der Waals surface area contributed by atoms with E-state index in [1.165, 1.54) is 10.4 Å². The Kier molecular flexibility index (Phi) is 3.34. The van der Waals surface area contributed by atoms with E-state index in [0.717, 1.165) is 33.9 Å². The van der Waals surface area contributed by atoms with Gasteiger partial charge < -0.3 is 4.74 Å². The number of thioether (sulfide) groups is 1. The summed E-state index contributed by atoms with van der Waals surface area (Å²) in [7, 11) is 0. The van der Waals surface area contributed by atoms with Gasteiger partial charge in [0.15, 0.2) is 10.8 Å². The molecule has 5 nitrogen and oxygen atoms in total. The van der Waals surface area contributed by atoms with Crippen LogP contribution in [-0.4, -0.2) is 31.4 Å². The van der Waals surface area contributed by atoms with E-state index < -0.39 is 0 Å². The minimum Gasteiger partial charge on any atom is -0.369 e. The lowest BCUT2D eigenvalue weighted by atomic mass is 9.90. The van der Waals surface area contributed by atoms with Gasteiger partial charge in [0.25, 0.3) is 0 Å². The highest BCUT2D eigenvalue weighted by Crippen LogP contribution is 2.41. The second kappa shape index (κ2) is 5.02. The maximum absolute atomic E-state index is 6.07. The van der Waals surface area contributed by atoms with Crippen molar-refractivity contribution >= 4 is 51.2 Å². The van der Waals surface area contributed by atoms with E-state index in [9.17, 15) is 0 Å². The number of fused-ring (bicyclic) bond motifs is 5. The number of aromatic nitrogens is 4. The Morgan fingerprint density at radius 1 is 1.55 bits per heavy atom. The zero-order valence-electron chi connectivity index (χ0n) is 12.6. The first-order valence-electron chi connectivity index (χ1n) is 7.15. The van der Waals surface area contributed by atoms with Gasteiger partial charge in [0.05, 0.1) is 17.6 Å². The van der Waals surface area contributed by atoms with Gasteiger partial charge in [-0.3, -0.25) is 5.10 Å². The molecule has 0 fully saturated rings. The normalized spacial score (nSPS) is 21.6. The Labute approximate surface area is 141 Å². The van der Waals surface area contributed by atoms with Crippen LogP contribution in [0.1, 0.15) is 30.7 Å². The van der Waals surface area contributed by atoms with Gasteiger partial charge in [-0.15, -0.1) is 11.3 Å². The Morgan fingerprint density at radius 2 is 2.36 bits per heavy atom. The molecule has 0 aliphatic carbocycles. The predicted molar refractivity (Wildman–Crippen MR) is 92.5 cm³/mol. The number of H-pyrrole nitrogens is 1. The fourth-order valence-electron chi connectivity index (χ4n) is 2.92. The van der Waals surface area contributed by atoms with Crippen LogP contribution in [0.15, 0.2) is 5.16 Å². The third-order valence-electron chi connectivity index (χ3n) is 4.39. The first-order valence-corrected chi connectivity index (χ1v) is 9.60. The van der Waals surface area contributed by atoms with Gasteiger partial charge in [-0.25, -0.2) is 9.38 Å². The molecule has 0 aromatic carbocycles. The molecule has 0 unspecified atom stereocenters. The summed E-state index contributed by atoms with van der Waals surface area (Å²) < 4.78 is 8.60. The van der Waals surface area contributed by atoms with Gasteiger partial charge >= 0.3 is 0 Å². The summed E-state index contributed by atoms with van der Waals surface area (Å²) in [5.74, 6) is 0. The zero-order valence-corrected chi connectivity index (χ0v) is 15.0. The third kappa shape index (κ3) is 1.97. The van der Waals surface area contributed by atoms with Crippen molar-refractivity contribution in [1.82, 2.24) is 19.6 Å². The van der Waals surface area contributed by atoms with E-state index in [0.29, 0.717) is 11.4 Å². The molecule has 0 amide bonds. The molecular formula is C14H16N4OS3. The van der Waals surface area contributed by atoms with Gasteiger partial charge in [-0.2, -0.15) is 5.10 Å².